The van der Waals surface area contributed by atoms with Crippen LogP contribution in [-0.2, 0) is 20.6 Å². The van der Waals surface area contributed by atoms with Gasteiger partial charge >= 0.3 is 6.18 Å². The van der Waals surface area contributed by atoms with Crippen molar-refractivity contribution in [1.29, 1.82) is 0 Å². The number of unbranched alkanes of at least 4 members (excludes halogenated alkanes) is 6. The first-order valence-electron chi connectivity index (χ1n) is 25.4. The number of aromatic nitrogens is 1. The van der Waals surface area contributed by atoms with E-state index >= 15 is 0 Å². The quantitative estimate of drug-likeness (QED) is 0.0327. The summed E-state index contributed by atoms with van der Waals surface area (Å²) in [6.45, 7) is 9.48. The first kappa shape index (κ1) is 57.9. The number of hydrogen-bond acceptors (Lipinski definition) is 9. The van der Waals surface area contributed by atoms with Gasteiger partial charge in [0.1, 0.15) is 23.7 Å². The molecule has 77 heavy (non-hydrogen) atoms. The molecule has 0 radical (unpaired) electrons. The molecule has 21 heteroatoms. The second-order valence-corrected chi connectivity index (χ2v) is 21.9. The topological polar surface area (TPSA) is 199 Å². The van der Waals surface area contributed by atoms with Gasteiger partial charge in [0.2, 0.25) is 17.7 Å². The maximum atomic E-state index is 14.4. The lowest BCUT2D eigenvalue weighted by Crippen LogP contribution is -2.57. The predicted octanol–water partition coefficient (Wildman–Crippen LogP) is 10.4. The normalized spacial score (nSPS) is 17.1. The molecule has 3 heterocycles. The molecule has 2 aliphatic heterocycles. The zero-order valence-corrected chi connectivity index (χ0v) is 44.7. The van der Waals surface area contributed by atoms with Gasteiger partial charge in [0, 0.05) is 64.5 Å². The van der Waals surface area contributed by atoms with Crippen LogP contribution in [0.4, 0.5) is 27.6 Å². The molecule has 5 atom stereocenters. The van der Waals surface area contributed by atoms with E-state index in [0.29, 0.717) is 25.0 Å². The van der Waals surface area contributed by atoms with Crippen molar-refractivity contribution in [2.45, 2.75) is 129 Å². The van der Waals surface area contributed by atoms with Crippen molar-refractivity contribution in [3.05, 3.63) is 140 Å². The van der Waals surface area contributed by atoms with Crippen LogP contribution in [0, 0.1) is 24.0 Å². The highest BCUT2D eigenvalue weighted by atomic mass is 35.5. The van der Waals surface area contributed by atoms with Crippen LogP contribution in [0.2, 0.25) is 5.02 Å². The van der Waals surface area contributed by atoms with Gasteiger partial charge in [-0.2, -0.15) is 13.2 Å². The van der Waals surface area contributed by atoms with Gasteiger partial charge in [-0.05, 0) is 91.8 Å². The molecule has 410 valence electrons. The predicted molar refractivity (Wildman–Crippen MR) is 282 cm³/mol. The lowest BCUT2D eigenvalue weighted by molar-refractivity contribution is -0.144. The van der Waals surface area contributed by atoms with Crippen LogP contribution in [0.3, 0.4) is 0 Å². The average molecular weight is 1110 g/mol. The van der Waals surface area contributed by atoms with E-state index in [2.05, 4.69) is 31.6 Å². The summed E-state index contributed by atoms with van der Waals surface area (Å²) in [4.78, 5) is 88.1. The SMILES string of the molecule is Cc1ncsc1-c1ccc([C@H](C)NC(=O)[C@@H]2C[C@@H](O)CN2C(=O)C(NC(=O)CCCCCCCCCNC(=O)c2cc(NC(=O)c3cc(F)cc(C(F)(F)F)c3)c3c(c2)C(=O)N[C@@H]3c2cc(F)ccc2Cl)C(C)(C)C)cc1. The number of anilines is 1. The minimum atomic E-state index is -4.97. The standard InChI is InChI=1S/C56H61ClF5N7O7S/c1-30(32-14-16-33(17-15-32)48-31(2)64-29-77-48)65-53(75)44-27-39(70)28-69(44)54(76)49(55(3,4)5)67-45(71)13-11-9-7-6-8-10-12-20-63-50(72)35-23-41-46(47(68-52(41)74)40-26-37(58)18-19-42(40)57)43(24-35)66-51(73)34-21-36(56(60,61)62)25-38(59)22-34/h14-19,21-26,29-30,39,44,47,49,70H,6-13,20,27-28H2,1-5H3,(H,63,72)(H,65,75)(H,66,73)(H,67,71)(H,68,74)/t30-,39+,44-,47+,49?/m0/s1. The fraction of sp³-hybridized carbons (Fsp3) is 0.411. The number of nitrogens with one attached hydrogen (secondary N) is 5. The summed E-state index contributed by atoms with van der Waals surface area (Å²) in [5.74, 6) is -5.66. The number of likely N-dealkylation sites (tertiary alicyclic amines) is 1. The molecule has 1 fully saturated rings. The van der Waals surface area contributed by atoms with E-state index in [1.807, 2.05) is 58.9 Å². The summed E-state index contributed by atoms with van der Waals surface area (Å²) in [7, 11) is 0. The molecule has 0 aliphatic carbocycles. The second-order valence-electron chi connectivity index (χ2n) is 20.6. The number of halogens is 6. The average Bonchev–Trinajstić information content (AvgIpc) is 4.12. The number of hydrogen-bond donors (Lipinski definition) is 6. The highest BCUT2D eigenvalue weighted by Gasteiger charge is 2.45. The molecular formula is C56H61ClF5N7O7S. The molecule has 6 amide bonds. The zero-order valence-electron chi connectivity index (χ0n) is 43.1. The van der Waals surface area contributed by atoms with Gasteiger partial charge in [-0.15, -0.1) is 11.3 Å². The molecule has 1 unspecified atom stereocenters. The molecule has 0 bridgehead atoms. The van der Waals surface area contributed by atoms with Crippen molar-refractivity contribution < 1.29 is 55.8 Å². The molecule has 5 aromatic rings. The number of alkyl halides is 3. The van der Waals surface area contributed by atoms with Crippen LogP contribution >= 0.6 is 22.9 Å². The molecule has 2 aliphatic rings. The molecule has 4 aromatic carbocycles. The molecular weight excluding hydrogens is 1050 g/mol. The van der Waals surface area contributed by atoms with E-state index in [1.54, 1.807) is 16.8 Å². The molecule has 1 saturated heterocycles. The third-order valence-corrected chi connectivity index (χ3v) is 15.0. The number of β-amino-alcohol motifs (C(OH)–C–C–N with tert-alkyl or cyclic N) is 1. The number of carbonyl (C=O) groups is 6. The Morgan fingerprint density at radius 3 is 2.19 bits per heavy atom. The van der Waals surface area contributed by atoms with Crippen molar-refractivity contribution in [3.63, 3.8) is 0 Å². The van der Waals surface area contributed by atoms with Crippen LogP contribution in [-0.4, -0.2) is 81.7 Å². The number of carbonyl (C=O) groups excluding carboxylic acids is 6. The summed E-state index contributed by atoms with van der Waals surface area (Å²) in [5.41, 5.74) is 1.65. The number of fused-ring (bicyclic) bond motifs is 1. The van der Waals surface area contributed by atoms with Crippen LogP contribution in [0.25, 0.3) is 10.4 Å². The van der Waals surface area contributed by atoms with Gasteiger partial charge < -0.3 is 36.6 Å². The van der Waals surface area contributed by atoms with Crippen LogP contribution in [0.1, 0.15) is 157 Å². The van der Waals surface area contributed by atoms with Gasteiger partial charge in [0.15, 0.2) is 0 Å². The third kappa shape index (κ3) is 14.4. The van der Waals surface area contributed by atoms with Crippen molar-refractivity contribution >= 4 is 64.1 Å². The number of benzene rings is 4. The van der Waals surface area contributed by atoms with Crippen molar-refractivity contribution in [2.24, 2.45) is 5.41 Å². The number of nitrogens with zero attached hydrogens (tertiary/aromatic N) is 2. The van der Waals surface area contributed by atoms with Crippen LogP contribution in [0.5, 0.6) is 0 Å². The van der Waals surface area contributed by atoms with Crippen molar-refractivity contribution in [3.8, 4) is 10.4 Å². The lowest BCUT2D eigenvalue weighted by atomic mass is 9.85. The summed E-state index contributed by atoms with van der Waals surface area (Å²) in [6, 6.07) is 11.7. The highest BCUT2D eigenvalue weighted by Crippen LogP contribution is 2.41. The minimum Gasteiger partial charge on any atom is -0.391 e. The Labute approximate surface area is 451 Å². The smallest absolute Gasteiger partial charge is 0.391 e. The second kappa shape index (κ2) is 24.7. The van der Waals surface area contributed by atoms with E-state index in [9.17, 15) is 55.8 Å². The number of aliphatic hydroxyl groups excluding tert-OH is 1. The van der Waals surface area contributed by atoms with Gasteiger partial charge in [0.05, 0.1) is 39.8 Å². The first-order valence-corrected chi connectivity index (χ1v) is 26.6. The third-order valence-electron chi connectivity index (χ3n) is 13.7. The van der Waals surface area contributed by atoms with E-state index in [4.69, 9.17) is 11.6 Å². The Balaban J connectivity index is 0.867. The number of aryl methyl sites for hydroxylation is 1. The van der Waals surface area contributed by atoms with Gasteiger partial charge in [-0.3, -0.25) is 28.8 Å². The Kier molecular flexibility index (Phi) is 18.6. The number of aliphatic hydroxyl groups is 1. The Hall–Kier alpha value is -6.77. The molecule has 0 saturated carbocycles. The van der Waals surface area contributed by atoms with Gasteiger partial charge in [0.25, 0.3) is 17.7 Å². The Morgan fingerprint density at radius 2 is 1.53 bits per heavy atom. The Bertz CT molecular complexity index is 3020. The fourth-order valence-electron chi connectivity index (χ4n) is 9.56. The number of thiazole rings is 1. The summed E-state index contributed by atoms with van der Waals surface area (Å²) < 4.78 is 69.3. The molecule has 1 aromatic heterocycles. The zero-order chi connectivity index (χ0) is 55.9. The monoisotopic (exact) mass is 1110 g/mol. The largest absolute Gasteiger partial charge is 0.416 e. The van der Waals surface area contributed by atoms with Crippen molar-refractivity contribution in [2.75, 3.05) is 18.4 Å². The maximum Gasteiger partial charge on any atom is 0.416 e. The summed E-state index contributed by atoms with van der Waals surface area (Å²) in [5, 5.41) is 24.5. The highest BCUT2D eigenvalue weighted by molar-refractivity contribution is 7.13. The lowest BCUT2D eigenvalue weighted by Gasteiger charge is -2.35. The van der Waals surface area contributed by atoms with E-state index in [0.717, 1.165) is 65.9 Å². The first-order chi connectivity index (χ1) is 36.4. The van der Waals surface area contributed by atoms with E-state index < -0.39 is 88.1 Å². The van der Waals surface area contributed by atoms with Gasteiger partial charge in [-0.1, -0.05) is 88.7 Å². The Morgan fingerprint density at radius 1 is 0.857 bits per heavy atom. The number of amides is 6. The molecule has 6 N–H and O–H groups in total. The van der Waals surface area contributed by atoms with Gasteiger partial charge in [-0.25, -0.2) is 13.8 Å². The fourth-order valence-corrected chi connectivity index (χ4v) is 10.6. The molecule has 14 nitrogen and oxygen atoms in total. The summed E-state index contributed by atoms with van der Waals surface area (Å²) in [6.07, 6.45) is -0.552. The number of rotatable bonds is 20. The van der Waals surface area contributed by atoms with E-state index in [1.165, 1.54) is 23.1 Å². The molecule has 0 spiro atoms. The molecule has 7 rings (SSSR count). The summed E-state index contributed by atoms with van der Waals surface area (Å²) >= 11 is 7.93. The van der Waals surface area contributed by atoms with Crippen LogP contribution in [0.15, 0.2) is 78.3 Å². The maximum absolute atomic E-state index is 14.4. The van der Waals surface area contributed by atoms with E-state index in [-0.39, 0.29) is 76.9 Å². The van der Waals surface area contributed by atoms with Crippen LogP contribution < -0.4 is 26.6 Å². The van der Waals surface area contributed by atoms with Crippen molar-refractivity contribution in [1.82, 2.24) is 31.2 Å². The minimum absolute atomic E-state index is 0.0427.